The molecule has 5 heteroatoms. The van der Waals surface area contributed by atoms with Gasteiger partial charge in [0.25, 0.3) is 0 Å². The Hall–Kier alpha value is -1.07. The van der Waals surface area contributed by atoms with E-state index in [1.54, 1.807) is 6.07 Å². The zero-order chi connectivity index (χ0) is 14.3. The van der Waals surface area contributed by atoms with E-state index in [9.17, 15) is 13.2 Å². The van der Waals surface area contributed by atoms with E-state index in [2.05, 4.69) is 18.7 Å². The van der Waals surface area contributed by atoms with Crippen molar-refractivity contribution in [2.75, 3.05) is 26.3 Å². The fraction of sp³-hybridized carbons (Fsp3) is 0.571. The molecule has 2 rings (SSSR count). The van der Waals surface area contributed by atoms with Gasteiger partial charge in [0.15, 0.2) is 0 Å². The van der Waals surface area contributed by atoms with Gasteiger partial charge in [0.05, 0.1) is 18.8 Å². The Morgan fingerprint density at radius 3 is 1.89 bits per heavy atom. The molecule has 0 N–H and O–H groups in total. The van der Waals surface area contributed by atoms with E-state index < -0.39 is 11.7 Å². The first kappa shape index (κ1) is 16.0. The molecule has 1 aliphatic rings. The van der Waals surface area contributed by atoms with Gasteiger partial charge in [-0.3, -0.25) is 4.90 Å². The first-order valence-electron chi connectivity index (χ1n) is 6.35. The Labute approximate surface area is 112 Å². The lowest BCUT2D eigenvalue weighted by Crippen LogP contribution is -2.40. The molecule has 2 nitrogen and oxygen atoms in total. The van der Waals surface area contributed by atoms with Crippen LogP contribution in [0.5, 0.6) is 0 Å². The highest BCUT2D eigenvalue weighted by Crippen LogP contribution is 2.28. The Bertz CT molecular complexity index is 345. The second-order valence-corrected chi connectivity index (χ2v) is 4.61. The zero-order valence-electron chi connectivity index (χ0n) is 11.3. The normalized spacial score (nSPS) is 16.9. The number of rotatable bonds is 1. The minimum absolute atomic E-state index is 0.602. The maximum atomic E-state index is 11.8. The number of halogens is 3. The standard InChI is InChI=1S/C7H5F3.C7H15NO/c8-7(9,10)6-4-2-1-3-5-6;1-7(2)8-3-5-9-6-4-8/h1-5H;7H,3-6H2,1-2H3. The maximum absolute atomic E-state index is 11.8. The topological polar surface area (TPSA) is 12.5 Å². The average Bonchev–Trinajstić information content (AvgIpc) is 2.40. The van der Waals surface area contributed by atoms with Gasteiger partial charge in [0, 0.05) is 19.1 Å². The van der Waals surface area contributed by atoms with Gasteiger partial charge < -0.3 is 4.74 Å². The van der Waals surface area contributed by atoms with Crippen LogP contribution >= 0.6 is 0 Å². The van der Waals surface area contributed by atoms with Crippen molar-refractivity contribution in [3.05, 3.63) is 35.9 Å². The molecule has 1 fully saturated rings. The maximum Gasteiger partial charge on any atom is 0.416 e. The van der Waals surface area contributed by atoms with E-state index in [1.807, 2.05) is 0 Å². The fourth-order valence-electron chi connectivity index (χ4n) is 1.72. The van der Waals surface area contributed by atoms with Crippen LogP contribution in [0.1, 0.15) is 19.4 Å². The van der Waals surface area contributed by atoms with Gasteiger partial charge in [0.1, 0.15) is 0 Å². The van der Waals surface area contributed by atoms with Crippen LogP contribution in [0.4, 0.5) is 13.2 Å². The molecule has 0 atom stereocenters. The number of ether oxygens (including phenoxy) is 1. The van der Waals surface area contributed by atoms with Crippen molar-refractivity contribution in [1.29, 1.82) is 0 Å². The number of hydrogen-bond acceptors (Lipinski definition) is 2. The van der Waals surface area contributed by atoms with Crippen molar-refractivity contribution in [2.45, 2.75) is 26.1 Å². The van der Waals surface area contributed by atoms with Crippen molar-refractivity contribution in [3.63, 3.8) is 0 Å². The van der Waals surface area contributed by atoms with Crippen molar-refractivity contribution in [3.8, 4) is 0 Å². The van der Waals surface area contributed by atoms with E-state index in [1.165, 1.54) is 12.1 Å². The van der Waals surface area contributed by atoms with Crippen LogP contribution in [-0.4, -0.2) is 37.2 Å². The lowest BCUT2D eigenvalue weighted by Gasteiger charge is -2.29. The number of morpholine rings is 1. The molecule has 0 amide bonds. The van der Waals surface area contributed by atoms with Crippen LogP contribution in [-0.2, 0) is 10.9 Å². The largest absolute Gasteiger partial charge is 0.416 e. The molecule has 0 unspecified atom stereocenters. The fourth-order valence-corrected chi connectivity index (χ4v) is 1.72. The second-order valence-electron chi connectivity index (χ2n) is 4.61. The summed E-state index contributed by atoms with van der Waals surface area (Å²) in [6.07, 6.45) is -4.21. The van der Waals surface area contributed by atoms with Gasteiger partial charge in [-0.05, 0) is 13.8 Å². The van der Waals surface area contributed by atoms with Gasteiger partial charge in [0.2, 0.25) is 0 Å². The molecule has 0 aliphatic carbocycles. The summed E-state index contributed by atoms with van der Waals surface area (Å²) in [5.74, 6) is 0. The van der Waals surface area contributed by atoms with Gasteiger partial charge in [-0.15, -0.1) is 0 Å². The SMILES string of the molecule is CC(C)N1CCOCC1.FC(F)(F)c1ccccc1. The number of nitrogens with zero attached hydrogens (tertiary/aromatic N) is 1. The van der Waals surface area contributed by atoms with Crippen LogP contribution in [0, 0.1) is 0 Å². The molecule has 0 radical (unpaired) electrons. The summed E-state index contributed by atoms with van der Waals surface area (Å²) in [5, 5.41) is 0. The van der Waals surface area contributed by atoms with Crippen LogP contribution in [0.3, 0.4) is 0 Å². The van der Waals surface area contributed by atoms with Crippen LogP contribution in [0.25, 0.3) is 0 Å². The number of benzene rings is 1. The summed E-state index contributed by atoms with van der Waals surface area (Å²) in [6, 6.07) is 7.05. The molecule has 0 aromatic heterocycles. The summed E-state index contributed by atoms with van der Waals surface area (Å²) in [7, 11) is 0. The van der Waals surface area contributed by atoms with Crippen LogP contribution in [0.15, 0.2) is 30.3 Å². The molecule has 1 aliphatic heterocycles. The van der Waals surface area contributed by atoms with Crippen molar-refractivity contribution in [2.24, 2.45) is 0 Å². The first-order valence-corrected chi connectivity index (χ1v) is 6.35. The summed E-state index contributed by atoms with van der Waals surface area (Å²) in [6.45, 7) is 8.50. The highest BCUT2D eigenvalue weighted by Gasteiger charge is 2.29. The van der Waals surface area contributed by atoms with Crippen molar-refractivity contribution < 1.29 is 17.9 Å². The van der Waals surface area contributed by atoms with Crippen LogP contribution < -0.4 is 0 Å². The monoisotopic (exact) mass is 275 g/mol. The quantitative estimate of drug-likeness (QED) is 0.778. The summed E-state index contributed by atoms with van der Waals surface area (Å²) >= 11 is 0. The molecule has 1 aromatic carbocycles. The highest BCUT2D eigenvalue weighted by atomic mass is 19.4. The minimum Gasteiger partial charge on any atom is -0.379 e. The molecule has 0 saturated carbocycles. The van der Waals surface area contributed by atoms with Gasteiger partial charge >= 0.3 is 6.18 Å². The van der Waals surface area contributed by atoms with Gasteiger partial charge in [-0.1, -0.05) is 30.3 Å². The molecule has 19 heavy (non-hydrogen) atoms. The third kappa shape index (κ3) is 6.07. The van der Waals surface area contributed by atoms with E-state index >= 15 is 0 Å². The third-order valence-electron chi connectivity index (χ3n) is 2.88. The van der Waals surface area contributed by atoms with Crippen molar-refractivity contribution >= 4 is 0 Å². The minimum atomic E-state index is -4.21. The Balaban J connectivity index is 0.000000191. The molecular formula is C14H20F3NO. The molecule has 108 valence electrons. The first-order chi connectivity index (χ1) is 8.91. The molecule has 0 bridgehead atoms. The van der Waals surface area contributed by atoms with E-state index in [0.717, 1.165) is 38.4 Å². The smallest absolute Gasteiger partial charge is 0.379 e. The molecular weight excluding hydrogens is 255 g/mol. The zero-order valence-corrected chi connectivity index (χ0v) is 11.3. The second kappa shape index (κ2) is 7.50. The van der Waals surface area contributed by atoms with Crippen molar-refractivity contribution in [1.82, 2.24) is 4.90 Å². The van der Waals surface area contributed by atoms with E-state index in [0.29, 0.717) is 6.04 Å². The van der Waals surface area contributed by atoms with E-state index in [-0.39, 0.29) is 0 Å². The summed E-state index contributed by atoms with van der Waals surface area (Å²) < 4.78 is 40.6. The number of hydrogen-bond donors (Lipinski definition) is 0. The predicted octanol–water partition coefficient (Wildman–Crippen LogP) is 3.43. The Morgan fingerprint density at radius 2 is 1.58 bits per heavy atom. The summed E-state index contributed by atoms with van der Waals surface area (Å²) in [4.78, 5) is 2.43. The van der Waals surface area contributed by atoms with Gasteiger partial charge in [-0.2, -0.15) is 13.2 Å². The predicted molar refractivity (Wildman–Crippen MR) is 69.0 cm³/mol. The Kier molecular flexibility index (Phi) is 6.31. The lowest BCUT2D eigenvalue weighted by molar-refractivity contribution is -0.137. The average molecular weight is 275 g/mol. The number of alkyl halides is 3. The molecule has 1 aromatic rings. The summed E-state index contributed by atoms with van der Waals surface area (Å²) in [5.41, 5.74) is -0.602. The van der Waals surface area contributed by atoms with Crippen LogP contribution in [0.2, 0.25) is 0 Å². The molecule has 1 heterocycles. The molecule has 1 saturated heterocycles. The third-order valence-corrected chi connectivity index (χ3v) is 2.88. The molecule has 0 spiro atoms. The lowest BCUT2D eigenvalue weighted by atomic mass is 10.2. The highest BCUT2D eigenvalue weighted by molar-refractivity contribution is 5.17. The van der Waals surface area contributed by atoms with Gasteiger partial charge in [-0.25, -0.2) is 0 Å². The Morgan fingerprint density at radius 1 is 1.05 bits per heavy atom. The van der Waals surface area contributed by atoms with E-state index in [4.69, 9.17) is 4.74 Å².